The highest BCUT2D eigenvalue weighted by atomic mass is 79.9. The lowest BCUT2D eigenvalue weighted by molar-refractivity contribution is -0.164. The van der Waals surface area contributed by atoms with Crippen molar-refractivity contribution in [2.75, 3.05) is 6.61 Å². The summed E-state index contributed by atoms with van der Waals surface area (Å²) in [6.45, 7) is -0.499. The van der Waals surface area contributed by atoms with Crippen LogP contribution in [0.5, 0.6) is 5.75 Å². The van der Waals surface area contributed by atoms with E-state index in [1.54, 1.807) is 30.3 Å². The number of nitrogens with one attached hydrogen (secondary N) is 1. The molecule has 0 bridgehead atoms. The van der Waals surface area contributed by atoms with Crippen LogP contribution in [0.3, 0.4) is 0 Å². The molecule has 23 heavy (non-hydrogen) atoms. The number of benzene rings is 2. The van der Waals surface area contributed by atoms with E-state index < -0.39 is 24.7 Å². The van der Waals surface area contributed by atoms with Gasteiger partial charge >= 0.3 is 6.18 Å². The van der Waals surface area contributed by atoms with Crippen LogP contribution in [0.4, 0.5) is 13.2 Å². The Morgan fingerprint density at radius 3 is 2.26 bits per heavy atom. The van der Waals surface area contributed by atoms with Crippen molar-refractivity contribution in [2.24, 2.45) is 0 Å². The van der Waals surface area contributed by atoms with E-state index in [-0.39, 0.29) is 5.56 Å². The zero-order valence-corrected chi connectivity index (χ0v) is 13.4. The van der Waals surface area contributed by atoms with Gasteiger partial charge in [0.05, 0.1) is 0 Å². The predicted octanol–water partition coefficient (Wildman–Crippen LogP) is 4.25. The fraction of sp³-hybridized carbons (Fsp3) is 0.188. The zero-order chi connectivity index (χ0) is 16.9. The molecule has 2 aromatic carbocycles. The van der Waals surface area contributed by atoms with E-state index in [0.717, 1.165) is 4.47 Å². The molecule has 0 aliphatic carbocycles. The molecule has 0 heterocycles. The van der Waals surface area contributed by atoms with Gasteiger partial charge in [-0.1, -0.05) is 46.3 Å². The molecule has 1 amide bonds. The SMILES string of the molecule is O=C(COc1ccc(Br)cc1)NC(c1ccccc1)C(F)(F)F. The molecule has 122 valence electrons. The van der Waals surface area contributed by atoms with E-state index in [2.05, 4.69) is 15.9 Å². The van der Waals surface area contributed by atoms with E-state index in [1.165, 1.54) is 24.3 Å². The van der Waals surface area contributed by atoms with E-state index in [0.29, 0.717) is 5.75 Å². The molecule has 0 fully saturated rings. The molecule has 7 heteroatoms. The van der Waals surface area contributed by atoms with Crippen molar-refractivity contribution < 1.29 is 22.7 Å². The van der Waals surface area contributed by atoms with Gasteiger partial charge in [0.25, 0.3) is 5.91 Å². The maximum Gasteiger partial charge on any atom is 0.412 e. The summed E-state index contributed by atoms with van der Waals surface area (Å²) in [4.78, 5) is 11.8. The number of carbonyl (C=O) groups excluding carboxylic acids is 1. The second kappa shape index (κ2) is 7.50. The lowest BCUT2D eigenvalue weighted by Crippen LogP contribution is -2.40. The van der Waals surface area contributed by atoms with Crippen LogP contribution in [0.1, 0.15) is 11.6 Å². The molecule has 3 nitrogen and oxygen atoms in total. The van der Waals surface area contributed by atoms with Crippen LogP contribution in [0.2, 0.25) is 0 Å². The fourth-order valence-corrected chi connectivity index (χ4v) is 2.15. The second-order valence-electron chi connectivity index (χ2n) is 4.70. The van der Waals surface area contributed by atoms with Gasteiger partial charge in [-0.25, -0.2) is 0 Å². The number of rotatable bonds is 5. The Bertz CT molecular complexity index is 645. The largest absolute Gasteiger partial charge is 0.484 e. The van der Waals surface area contributed by atoms with Crippen LogP contribution in [0.25, 0.3) is 0 Å². The predicted molar refractivity (Wildman–Crippen MR) is 83.0 cm³/mol. The Morgan fingerprint density at radius 1 is 1.09 bits per heavy atom. The minimum Gasteiger partial charge on any atom is -0.484 e. The molecule has 0 radical (unpaired) electrons. The van der Waals surface area contributed by atoms with Gasteiger partial charge in [0, 0.05) is 4.47 Å². The van der Waals surface area contributed by atoms with E-state index in [4.69, 9.17) is 4.74 Å². The molecule has 0 aliphatic rings. The third kappa shape index (κ3) is 5.28. The summed E-state index contributed by atoms with van der Waals surface area (Å²) >= 11 is 3.25. The quantitative estimate of drug-likeness (QED) is 0.832. The highest BCUT2D eigenvalue weighted by molar-refractivity contribution is 9.10. The smallest absolute Gasteiger partial charge is 0.412 e. The summed E-state index contributed by atoms with van der Waals surface area (Å²) in [7, 11) is 0. The molecule has 0 aromatic heterocycles. The first-order valence-corrected chi connectivity index (χ1v) is 7.45. The number of alkyl halides is 3. The van der Waals surface area contributed by atoms with Crippen molar-refractivity contribution in [2.45, 2.75) is 12.2 Å². The summed E-state index contributed by atoms with van der Waals surface area (Å²) in [6, 6.07) is 11.8. The first-order chi connectivity index (χ1) is 10.9. The number of amides is 1. The standard InChI is InChI=1S/C16H13BrF3NO2/c17-12-6-8-13(9-7-12)23-10-14(22)21-15(16(18,19)20)11-4-2-1-3-5-11/h1-9,15H,10H2,(H,21,22). The number of hydrogen-bond donors (Lipinski definition) is 1. The third-order valence-corrected chi connectivity index (χ3v) is 3.48. The van der Waals surface area contributed by atoms with Gasteiger partial charge in [0.15, 0.2) is 12.6 Å². The Kier molecular flexibility index (Phi) is 5.65. The normalized spacial score (nSPS) is 12.5. The Balaban J connectivity index is 1.99. The van der Waals surface area contributed by atoms with Crippen LogP contribution in [0, 0.1) is 0 Å². The lowest BCUT2D eigenvalue weighted by Gasteiger charge is -2.22. The van der Waals surface area contributed by atoms with Gasteiger partial charge in [0.2, 0.25) is 0 Å². The van der Waals surface area contributed by atoms with E-state index in [1.807, 2.05) is 5.32 Å². The van der Waals surface area contributed by atoms with Crippen molar-refractivity contribution in [3.8, 4) is 5.75 Å². The minimum absolute atomic E-state index is 0.0306. The lowest BCUT2D eigenvalue weighted by atomic mass is 10.1. The summed E-state index contributed by atoms with van der Waals surface area (Å²) in [5.74, 6) is -0.453. The summed E-state index contributed by atoms with van der Waals surface area (Å²) in [6.07, 6.45) is -4.59. The van der Waals surface area contributed by atoms with Crippen LogP contribution >= 0.6 is 15.9 Å². The van der Waals surface area contributed by atoms with Crippen molar-refractivity contribution in [1.29, 1.82) is 0 Å². The van der Waals surface area contributed by atoms with Gasteiger partial charge in [-0.3, -0.25) is 4.79 Å². The topological polar surface area (TPSA) is 38.3 Å². The second-order valence-corrected chi connectivity index (χ2v) is 5.61. The zero-order valence-electron chi connectivity index (χ0n) is 11.8. The molecular weight excluding hydrogens is 375 g/mol. The number of halogens is 4. The van der Waals surface area contributed by atoms with Crippen molar-refractivity contribution in [3.63, 3.8) is 0 Å². The van der Waals surface area contributed by atoms with Crippen LogP contribution in [-0.4, -0.2) is 18.7 Å². The molecule has 0 saturated heterocycles. The molecule has 0 aliphatic heterocycles. The molecule has 2 aromatic rings. The van der Waals surface area contributed by atoms with E-state index in [9.17, 15) is 18.0 Å². The van der Waals surface area contributed by atoms with Gasteiger partial charge in [-0.2, -0.15) is 13.2 Å². The van der Waals surface area contributed by atoms with Crippen LogP contribution < -0.4 is 10.1 Å². The molecule has 1 unspecified atom stereocenters. The van der Waals surface area contributed by atoms with Gasteiger partial charge in [-0.15, -0.1) is 0 Å². The van der Waals surface area contributed by atoms with Crippen LogP contribution in [0.15, 0.2) is 59.1 Å². The van der Waals surface area contributed by atoms with Crippen molar-refractivity contribution >= 4 is 21.8 Å². The van der Waals surface area contributed by atoms with Gasteiger partial charge < -0.3 is 10.1 Å². The summed E-state index contributed by atoms with van der Waals surface area (Å²) < 4.78 is 45.3. The molecule has 1 N–H and O–H groups in total. The van der Waals surface area contributed by atoms with Gasteiger partial charge in [-0.05, 0) is 29.8 Å². The Morgan fingerprint density at radius 2 is 1.70 bits per heavy atom. The average Bonchev–Trinajstić information content (AvgIpc) is 2.52. The summed E-state index contributed by atoms with van der Waals surface area (Å²) in [5, 5.41) is 1.96. The van der Waals surface area contributed by atoms with Crippen molar-refractivity contribution in [3.05, 3.63) is 64.6 Å². The first kappa shape index (κ1) is 17.3. The van der Waals surface area contributed by atoms with Crippen molar-refractivity contribution in [1.82, 2.24) is 5.32 Å². The maximum absolute atomic E-state index is 13.1. The number of hydrogen-bond acceptors (Lipinski definition) is 2. The number of ether oxygens (including phenoxy) is 1. The molecule has 1 atom stereocenters. The number of carbonyl (C=O) groups is 1. The first-order valence-electron chi connectivity index (χ1n) is 6.65. The molecule has 0 spiro atoms. The maximum atomic E-state index is 13.1. The van der Waals surface area contributed by atoms with Gasteiger partial charge in [0.1, 0.15) is 5.75 Å². The minimum atomic E-state index is -4.59. The molecular formula is C16H13BrF3NO2. The fourth-order valence-electron chi connectivity index (χ4n) is 1.88. The highest BCUT2D eigenvalue weighted by Crippen LogP contribution is 2.32. The third-order valence-electron chi connectivity index (χ3n) is 2.95. The molecule has 0 saturated carbocycles. The average molecular weight is 388 g/mol. The van der Waals surface area contributed by atoms with E-state index >= 15 is 0 Å². The molecule has 2 rings (SSSR count). The van der Waals surface area contributed by atoms with Crippen LogP contribution in [-0.2, 0) is 4.79 Å². The highest BCUT2D eigenvalue weighted by Gasteiger charge is 2.41. The Labute approximate surface area is 139 Å². The summed E-state index contributed by atoms with van der Waals surface area (Å²) in [5.41, 5.74) is -0.0306. The monoisotopic (exact) mass is 387 g/mol. The Hall–Kier alpha value is -2.02.